The van der Waals surface area contributed by atoms with Crippen LogP contribution in [0.25, 0.3) is 0 Å². The SMILES string of the molecule is O=C(c1cccc(Cn2cc(Br)cn2)c1)N1CCN(Cc2ccc(Cl)cc2Cl)CC1. The van der Waals surface area contributed by atoms with Crippen molar-refractivity contribution >= 4 is 45.0 Å². The molecule has 1 fully saturated rings. The Kier molecular flexibility index (Phi) is 6.78. The third-order valence-electron chi connectivity index (χ3n) is 5.19. The van der Waals surface area contributed by atoms with Crippen LogP contribution in [0.3, 0.4) is 0 Å². The minimum Gasteiger partial charge on any atom is -0.336 e. The molecule has 0 aliphatic carbocycles. The van der Waals surface area contributed by atoms with Crippen LogP contribution in [0, 0.1) is 0 Å². The van der Waals surface area contributed by atoms with Gasteiger partial charge in [-0.05, 0) is 51.3 Å². The van der Waals surface area contributed by atoms with Crippen LogP contribution in [-0.4, -0.2) is 51.7 Å². The van der Waals surface area contributed by atoms with Gasteiger partial charge in [-0.1, -0.05) is 41.4 Å². The molecule has 0 spiro atoms. The van der Waals surface area contributed by atoms with Crippen molar-refractivity contribution in [2.24, 2.45) is 0 Å². The number of hydrogen-bond acceptors (Lipinski definition) is 3. The summed E-state index contributed by atoms with van der Waals surface area (Å²) in [5.41, 5.74) is 2.82. The fourth-order valence-corrected chi connectivity index (χ4v) is 4.39. The molecule has 0 radical (unpaired) electrons. The smallest absolute Gasteiger partial charge is 0.253 e. The summed E-state index contributed by atoms with van der Waals surface area (Å²) in [5.74, 6) is 0.0719. The van der Waals surface area contributed by atoms with Crippen LogP contribution in [0.5, 0.6) is 0 Å². The Balaban J connectivity index is 1.35. The maximum atomic E-state index is 13.0. The van der Waals surface area contributed by atoms with Gasteiger partial charge in [-0.2, -0.15) is 5.10 Å². The number of aromatic nitrogens is 2. The van der Waals surface area contributed by atoms with Crippen LogP contribution in [0.4, 0.5) is 0 Å². The van der Waals surface area contributed by atoms with Crippen LogP contribution in [0.1, 0.15) is 21.5 Å². The molecule has 156 valence electrons. The molecule has 2 aromatic carbocycles. The lowest BCUT2D eigenvalue weighted by molar-refractivity contribution is 0.0628. The van der Waals surface area contributed by atoms with Gasteiger partial charge in [-0.25, -0.2) is 0 Å². The average molecular weight is 508 g/mol. The average Bonchev–Trinajstić information content (AvgIpc) is 3.15. The lowest BCUT2D eigenvalue weighted by Crippen LogP contribution is -2.48. The highest BCUT2D eigenvalue weighted by Crippen LogP contribution is 2.23. The Bertz CT molecular complexity index is 1050. The molecule has 1 aliphatic heterocycles. The van der Waals surface area contributed by atoms with Crippen molar-refractivity contribution < 1.29 is 4.79 Å². The summed E-state index contributed by atoms with van der Waals surface area (Å²) < 4.78 is 2.78. The van der Waals surface area contributed by atoms with Gasteiger partial charge in [-0.3, -0.25) is 14.4 Å². The first-order chi connectivity index (χ1) is 14.5. The molecule has 2 heterocycles. The maximum absolute atomic E-state index is 13.0. The van der Waals surface area contributed by atoms with E-state index in [-0.39, 0.29) is 5.91 Å². The molecule has 0 bridgehead atoms. The van der Waals surface area contributed by atoms with Gasteiger partial charge >= 0.3 is 0 Å². The molecule has 0 saturated carbocycles. The number of rotatable bonds is 5. The molecule has 0 unspecified atom stereocenters. The second-order valence-corrected chi connectivity index (χ2v) is 9.12. The molecular formula is C22H21BrCl2N4O. The summed E-state index contributed by atoms with van der Waals surface area (Å²) in [6.45, 7) is 4.40. The summed E-state index contributed by atoms with van der Waals surface area (Å²) in [6, 6.07) is 13.4. The first-order valence-electron chi connectivity index (χ1n) is 9.70. The molecule has 0 atom stereocenters. The molecule has 5 nitrogen and oxygen atoms in total. The van der Waals surface area contributed by atoms with Crippen LogP contribution in [0.2, 0.25) is 10.0 Å². The normalized spacial score (nSPS) is 14.8. The highest BCUT2D eigenvalue weighted by molar-refractivity contribution is 9.10. The van der Waals surface area contributed by atoms with Gasteiger partial charge < -0.3 is 4.90 Å². The van der Waals surface area contributed by atoms with Crippen LogP contribution < -0.4 is 0 Å². The molecule has 1 amide bonds. The van der Waals surface area contributed by atoms with Crippen molar-refractivity contribution in [2.45, 2.75) is 13.1 Å². The Morgan fingerprint density at radius 3 is 2.53 bits per heavy atom. The number of hydrogen-bond donors (Lipinski definition) is 0. The summed E-state index contributed by atoms with van der Waals surface area (Å²) in [5, 5.41) is 5.60. The second-order valence-electron chi connectivity index (χ2n) is 7.36. The number of piperazine rings is 1. The fraction of sp³-hybridized carbons (Fsp3) is 0.273. The van der Waals surface area contributed by atoms with E-state index in [2.05, 4.69) is 25.9 Å². The van der Waals surface area contributed by atoms with E-state index in [1.807, 2.05) is 52.2 Å². The molecule has 1 saturated heterocycles. The van der Waals surface area contributed by atoms with Crippen molar-refractivity contribution in [2.75, 3.05) is 26.2 Å². The first kappa shape index (κ1) is 21.4. The molecule has 3 aromatic rings. The third kappa shape index (κ3) is 5.24. The molecular weight excluding hydrogens is 487 g/mol. The molecule has 4 rings (SSSR count). The van der Waals surface area contributed by atoms with Gasteiger partial charge in [0.15, 0.2) is 0 Å². The van der Waals surface area contributed by atoms with Crippen molar-refractivity contribution in [1.82, 2.24) is 19.6 Å². The van der Waals surface area contributed by atoms with E-state index in [0.29, 0.717) is 35.2 Å². The number of carbonyl (C=O) groups excluding carboxylic acids is 1. The van der Waals surface area contributed by atoms with Gasteiger partial charge in [0.2, 0.25) is 0 Å². The van der Waals surface area contributed by atoms with Crippen molar-refractivity contribution in [3.63, 3.8) is 0 Å². The number of carbonyl (C=O) groups is 1. The zero-order valence-corrected chi connectivity index (χ0v) is 19.4. The summed E-state index contributed by atoms with van der Waals surface area (Å²) in [6.07, 6.45) is 3.67. The third-order valence-corrected chi connectivity index (χ3v) is 6.19. The lowest BCUT2D eigenvalue weighted by atomic mass is 10.1. The standard InChI is InChI=1S/C22H21BrCl2N4O/c23-19-12-26-29(15-19)13-16-2-1-3-17(10-16)22(30)28-8-6-27(7-9-28)14-18-4-5-20(24)11-21(18)25/h1-5,10-12,15H,6-9,13-14H2. The highest BCUT2D eigenvalue weighted by atomic mass is 79.9. The molecule has 1 aliphatic rings. The second kappa shape index (κ2) is 9.52. The largest absolute Gasteiger partial charge is 0.336 e. The summed E-state index contributed by atoms with van der Waals surface area (Å²) >= 11 is 15.7. The predicted octanol–water partition coefficient (Wildman–Crippen LogP) is 4.96. The van der Waals surface area contributed by atoms with Crippen LogP contribution >= 0.6 is 39.1 Å². The minimum absolute atomic E-state index is 0.0719. The molecule has 0 N–H and O–H groups in total. The van der Waals surface area contributed by atoms with Gasteiger partial charge in [0.1, 0.15) is 0 Å². The van der Waals surface area contributed by atoms with Gasteiger partial charge in [0.25, 0.3) is 5.91 Å². The molecule has 8 heteroatoms. The summed E-state index contributed by atoms with van der Waals surface area (Å²) in [4.78, 5) is 17.2. The van der Waals surface area contributed by atoms with Gasteiger partial charge in [0, 0.05) is 54.5 Å². The molecule has 30 heavy (non-hydrogen) atoms. The predicted molar refractivity (Wildman–Crippen MR) is 123 cm³/mol. The Hall–Kier alpha value is -1.86. The Morgan fingerprint density at radius 2 is 1.83 bits per heavy atom. The van der Waals surface area contributed by atoms with Crippen LogP contribution in [0.15, 0.2) is 59.3 Å². The van der Waals surface area contributed by atoms with Gasteiger partial charge in [0.05, 0.1) is 17.2 Å². The van der Waals surface area contributed by atoms with E-state index in [1.54, 1.807) is 12.3 Å². The quantitative estimate of drug-likeness (QED) is 0.490. The number of amides is 1. The van der Waals surface area contributed by atoms with Crippen LogP contribution in [-0.2, 0) is 13.1 Å². The Labute approximate surface area is 194 Å². The van der Waals surface area contributed by atoms with E-state index in [1.165, 1.54) is 0 Å². The zero-order valence-electron chi connectivity index (χ0n) is 16.3. The lowest BCUT2D eigenvalue weighted by Gasteiger charge is -2.35. The number of halogens is 3. The maximum Gasteiger partial charge on any atom is 0.253 e. The monoisotopic (exact) mass is 506 g/mol. The van der Waals surface area contributed by atoms with E-state index in [4.69, 9.17) is 23.2 Å². The summed E-state index contributed by atoms with van der Waals surface area (Å²) in [7, 11) is 0. The topological polar surface area (TPSA) is 41.4 Å². The van der Waals surface area contributed by atoms with E-state index >= 15 is 0 Å². The fourth-order valence-electron chi connectivity index (χ4n) is 3.60. The van der Waals surface area contributed by atoms with E-state index in [9.17, 15) is 4.79 Å². The zero-order chi connectivity index (χ0) is 21.1. The van der Waals surface area contributed by atoms with Crippen molar-refractivity contribution in [3.05, 3.63) is 86.1 Å². The number of benzene rings is 2. The Morgan fingerprint density at radius 1 is 1.03 bits per heavy atom. The van der Waals surface area contributed by atoms with Gasteiger partial charge in [-0.15, -0.1) is 0 Å². The number of nitrogens with zero attached hydrogens (tertiary/aromatic N) is 4. The van der Waals surface area contributed by atoms with E-state index in [0.717, 1.165) is 35.2 Å². The highest BCUT2D eigenvalue weighted by Gasteiger charge is 2.22. The van der Waals surface area contributed by atoms with E-state index < -0.39 is 0 Å². The molecule has 1 aromatic heterocycles. The van der Waals surface area contributed by atoms with Crippen molar-refractivity contribution in [3.8, 4) is 0 Å². The van der Waals surface area contributed by atoms with Crippen molar-refractivity contribution in [1.29, 1.82) is 0 Å². The first-order valence-corrected chi connectivity index (χ1v) is 11.3. The minimum atomic E-state index is 0.0719.